The summed E-state index contributed by atoms with van der Waals surface area (Å²) in [5, 5.41) is 11.0. The third-order valence-electron chi connectivity index (χ3n) is 4.59. The third kappa shape index (κ3) is 9.34. The highest BCUT2D eigenvalue weighted by molar-refractivity contribution is 7.97. The van der Waals surface area contributed by atoms with Crippen LogP contribution in [-0.2, 0) is 6.42 Å². The first kappa shape index (κ1) is 23.6. The molecule has 0 fully saturated rings. The first-order valence-corrected chi connectivity index (χ1v) is 11.0. The molecule has 0 aromatic heterocycles. The summed E-state index contributed by atoms with van der Waals surface area (Å²) in [7, 11) is 1.88. The zero-order chi connectivity index (χ0) is 20.1. The molecular formula is C22H38N4S. The number of unbranched alkanes of at least 4 members (excludes halogenated alkanes) is 1. The molecule has 0 saturated carbocycles. The molecule has 5 heteroatoms. The Morgan fingerprint density at radius 3 is 2.15 bits per heavy atom. The van der Waals surface area contributed by atoms with Crippen LogP contribution in [0, 0.1) is 5.41 Å². The van der Waals surface area contributed by atoms with Crippen LogP contribution in [0.2, 0.25) is 0 Å². The van der Waals surface area contributed by atoms with Crippen LogP contribution in [0.15, 0.2) is 40.6 Å². The lowest BCUT2D eigenvalue weighted by Gasteiger charge is -2.20. The molecule has 0 aliphatic heterocycles. The number of nitrogens with zero attached hydrogens (tertiary/aromatic N) is 1. The van der Waals surface area contributed by atoms with E-state index in [1.54, 1.807) is 18.9 Å². The van der Waals surface area contributed by atoms with E-state index in [1.807, 2.05) is 14.0 Å². The molecule has 1 aromatic rings. The Morgan fingerprint density at radius 1 is 1.00 bits per heavy atom. The number of nitrogens with one attached hydrogen (secondary N) is 3. The van der Waals surface area contributed by atoms with Gasteiger partial charge in [0.2, 0.25) is 0 Å². The molecular weight excluding hydrogens is 352 g/mol. The average molecular weight is 391 g/mol. The Bertz CT molecular complexity index is 574. The molecule has 0 aliphatic carbocycles. The molecule has 4 nitrogen and oxygen atoms in total. The summed E-state index contributed by atoms with van der Waals surface area (Å²) in [6.07, 6.45) is 6.16. The van der Waals surface area contributed by atoms with Gasteiger partial charge in [-0.2, -0.15) is 0 Å². The van der Waals surface area contributed by atoms with Gasteiger partial charge in [0, 0.05) is 17.6 Å². The van der Waals surface area contributed by atoms with Crippen molar-refractivity contribution in [1.29, 1.82) is 5.41 Å². The second-order valence-corrected chi connectivity index (χ2v) is 7.90. The minimum Gasteiger partial charge on any atom is -0.390 e. The van der Waals surface area contributed by atoms with Gasteiger partial charge >= 0.3 is 0 Å². The highest BCUT2D eigenvalue weighted by Gasteiger charge is 2.06. The number of hydrogen-bond acceptors (Lipinski definition) is 5. The molecule has 0 bridgehead atoms. The molecule has 1 aromatic carbocycles. The van der Waals surface area contributed by atoms with E-state index in [0.717, 1.165) is 17.8 Å². The molecule has 152 valence electrons. The smallest absolute Gasteiger partial charge is 0.0840 e. The molecule has 0 atom stereocenters. The Morgan fingerprint density at radius 2 is 1.63 bits per heavy atom. The van der Waals surface area contributed by atoms with Gasteiger partial charge < -0.3 is 20.3 Å². The van der Waals surface area contributed by atoms with Gasteiger partial charge in [0.05, 0.1) is 11.4 Å². The lowest BCUT2D eigenvalue weighted by molar-refractivity contribution is 0.269. The van der Waals surface area contributed by atoms with E-state index in [1.165, 1.54) is 55.8 Å². The van der Waals surface area contributed by atoms with E-state index in [-0.39, 0.29) is 0 Å². The predicted molar refractivity (Wildman–Crippen MR) is 121 cm³/mol. The minimum absolute atomic E-state index is 0.533. The molecule has 0 aliphatic rings. The summed E-state index contributed by atoms with van der Waals surface area (Å²) >= 11 is 1.56. The van der Waals surface area contributed by atoms with Gasteiger partial charge in [0.25, 0.3) is 0 Å². The van der Waals surface area contributed by atoms with Crippen molar-refractivity contribution in [2.24, 2.45) is 0 Å². The van der Waals surface area contributed by atoms with Gasteiger partial charge in [-0.3, -0.25) is 0 Å². The summed E-state index contributed by atoms with van der Waals surface area (Å²) in [5.74, 6) is 0. The van der Waals surface area contributed by atoms with Gasteiger partial charge in [-0.05, 0) is 95.2 Å². The Hall–Kier alpha value is -1.46. The molecule has 0 unspecified atom stereocenters. The number of hydrogen-bond donors (Lipinski definition) is 3. The summed E-state index contributed by atoms with van der Waals surface area (Å²) in [6, 6.07) is 8.79. The second kappa shape index (κ2) is 13.7. The van der Waals surface area contributed by atoms with Crippen LogP contribution in [-0.4, -0.2) is 37.3 Å². The van der Waals surface area contributed by atoms with Crippen molar-refractivity contribution in [3.63, 3.8) is 0 Å². The van der Waals surface area contributed by atoms with Crippen LogP contribution in [0.4, 0.5) is 0 Å². The monoisotopic (exact) mass is 390 g/mol. The normalized spacial score (nSPS) is 12.1. The van der Waals surface area contributed by atoms with Crippen LogP contribution in [0.5, 0.6) is 0 Å². The molecule has 0 heterocycles. The van der Waals surface area contributed by atoms with Crippen LogP contribution in [0.3, 0.4) is 0 Å². The third-order valence-corrected chi connectivity index (χ3v) is 5.40. The highest BCUT2D eigenvalue weighted by atomic mass is 32.2. The fraction of sp³-hybridized carbons (Fsp3) is 0.591. The van der Waals surface area contributed by atoms with E-state index >= 15 is 0 Å². The molecule has 0 radical (unpaired) electrons. The van der Waals surface area contributed by atoms with E-state index in [0.29, 0.717) is 5.71 Å². The summed E-state index contributed by atoms with van der Waals surface area (Å²) in [6.45, 7) is 12.0. The zero-order valence-electron chi connectivity index (χ0n) is 17.8. The van der Waals surface area contributed by atoms with Gasteiger partial charge in [-0.15, -0.1) is 0 Å². The van der Waals surface area contributed by atoms with Gasteiger partial charge in [-0.25, -0.2) is 0 Å². The summed E-state index contributed by atoms with van der Waals surface area (Å²) in [5.41, 5.74) is 3.76. The van der Waals surface area contributed by atoms with Crippen molar-refractivity contribution in [1.82, 2.24) is 14.9 Å². The van der Waals surface area contributed by atoms with Crippen LogP contribution in [0.25, 0.3) is 0 Å². The number of allylic oxidation sites excluding steroid dienone is 2. The molecule has 0 spiro atoms. The number of rotatable bonds is 14. The molecule has 27 heavy (non-hydrogen) atoms. The highest BCUT2D eigenvalue weighted by Crippen LogP contribution is 2.19. The summed E-state index contributed by atoms with van der Waals surface area (Å²) in [4.78, 5) is 3.76. The summed E-state index contributed by atoms with van der Waals surface area (Å²) < 4.78 is 3.30. The predicted octanol–water partition coefficient (Wildman–Crippen LogP) is 5.22. The molecule has 0 amide bonds. The van der Waals surface area contributed by atoms with Gasteiger partial charge in [0.15, 0.2) is 0 Å². The lowest BCUT2D eigenvalue weighted by Crippen LogP contribution is -2.26. The van der Waals surface area contributed by atoms with E-state index in [9.17, 15) is 0 Å². The minimum atomic E-state index is 0.533. The first-order valence-electron chi connectivity index (χ1n) is 10.2. The van der Waals surface area contributed by atoms with Crippen molar-refractivity contribution in [2.75, 3.05) is 26.7 Å². The van der Waals surface area contributed by atoms with Gasteiger partial charge in [0.1, 0.15) is 0 Å². The maximum atomic E-state index is 7.89. The Kier molecular flexibility index (Phi) is 11.9. The Labute approximate surface area is 170 Å². The Balaban J connectivity index is 2.42. The van der Waals surface area contributed by atoms with Crippen molar-refractivity contribution >= 4 is 17.7 Å². The first-order chi connectivity index (χ1) is 13.0. The fourth-order valence-electron chi connectivity index (χ4n) is 3.03. The van der Waals surface area contributed by atoms with Crippen molar-refractivity contribution in [2.45, 2.75) is 64.7 Å². The number of aryl methyl sites for hydroxylation is 1. The van der Waals surface area contributed by atoms with Crippen molar-refractivity contribution in [3.8, 4) is 0 Å². The largest absolute Gasteiger partial charge is 0.390 e. The molecule has 0 saturated heterocycles. The zero-order valence-corrected chi connectivity index (χ0v) is 18.6. The topological polar surface area (TPSA) is 51.2 Å². The number of benzene rings is 1. The SMILES string of the molecule is CCCN(CCC)CCCCc1ccc(SN/C(C(C)=N)=C(\C)NC)cc1. The van der Waals surface area contributed by atoms with E-state index < -0.39 is 0 Å². The van der Waals surface area contributed by atoms with Crippen LogP contribution >= 0.6 is 11.9 Å². The second-order valence-electron chi connectivity index (χ2n) is 7.02. The van der Waals surface area contributed by atoms with Crippen molar-refractivity contribution < 1.29 is 0 Å². The molecule has 3 N–H and O–H groups in total. The average Bonchev–Trinajstić information content (AvgIpc) is 2.66. The standard InChI is InChI=1S/C22H38N4S/c1-6-15-26(16-7-2)17-9-8-10-20-11-13-21(14-12-20)27-25-22(18(3)23)19(4)24-5/h11-14,23-25H,6-10,15-17H2,1-5H3/b22-19+,23-18?. The van der Waals surface area contributed by atoms with E-state index in [4.69, 9.17) is 5.41 Å². The maximum Gasteiger partial charge on any atom is 0.0840 e. The van der Waals surface area contributed by atoms with Crippen LogP contribution < -0.4 is 10.0 Å². The molecule has 1 rings (SSSR count). The maximum absolute atomic E-state index is 7.89. The van der Waals surface area contributed by atoms with Gasteiger partial charge in [-0.1, -0.05) is 26.0 Å². The fourth-order valence-corrected chi connectivity index (χ4v) is 3.82. The van der Waals surface area contributed by atoms with Crippen LogP contribution in [0.1, 0.15) is 58.9 Å². The van der Waals surface area contributed by atoms with E-state index in [2.05, 4.69) is 53.1 Å². The van der Waals surface area contributed by atoms with Crippen molar-refractivity contribution in [3.05, 3.63) is 41.2 Å². The lowest BCUT2D eigenvalue weighted by atomic mass is 10.1. The quantitative estimate of drug-likeness (QED) is 0.232.